The lowest BCUT2D eigenvalue weighted by Gasteiger charge is -2.06. The van der Waals surface area contributed by atoms with Gasteiger partial charge >= 0.3 is 0 Å². The lowest BCUT2D eigenvalue weighted by atomic mass is 10.1. The van der Waals surface area contributed by atoms with Gasteiger partial charge in [-0.25, -0.2) is 24.8 Å². The number of nitrogens with one attached hydrogen (secondary N) is 4. The first-order valence-electron chi connectivity index (χ1n) is 26.7. The van der Waals surface area contributed by atoms with Crippen LogP contribution >= 0.6 is 0 Å². The molecule has 0 aliphatic carbocycles. The van der Waals surface area contributed by atoms with Crippen LogP contribution < -0.4 is 30.4 Å². The molecule has 0 radical (unpaired) electrons. The largest absolute Gasteiger partial charge is 0.459 e. The quantitative estimate of drug-likeness (QED) is 0.0561. The molecule has 16 heteroatoms. The normalized spacial score (nSPS) is 11.0. The van der Waals surface area contributed by atoms with E-state index in [1.54, 1.807) is 36.4 Å². The van der Waals surface area contributed by atoms with Crippen molar-refractivity contribution in [2.24, 2.45) is 11.5 Å². The minimum atomic E-state index is 0.469. The van der Waals surface area contributed by atoms with Crippen LogP contribution in [-0.4, -0.2) is 39.9 Å². The van der Waals surface area contributed by atoms with Crippen molar-refractivity contribution in [1.29, 1.82) is 5.26 Å². The van der Waals surface area contributed by atoms with Crippen LogP contribution in [0.15, 0.2) is 218 Å². The van der Waals surface area contributed by atoms with Crippen LogP contribution in [0.3, 0.4) is 0 Å². The van der Waals surface area contributed by atoms with Crippen molar-refractivity contribution in [3.63, 3.8) is 0 Å². The number of hydrogen-bond acceptors (Lipinski definition) is 11. The van der Waals surface area contributed by atoms with Crippen LogP contribution in [0.2, 0.25) is 0 Å². The zero-order valence-electron chi connectivity index (χ0n) is 44.7. The van der Waals surface area contributed by atoms with E-state index in [1.165, 1.54) is 0 Å². The third kappa shape index (κ3) is 11.3. The van der Waals surface area contributed by atoms with Crippen molar-refractivity contribution >= 4 is 49.8 Å². The molecule has 0 bridgehead atoms. The molecule has 404 valence electrons. The number of benzene rings is 10. The highest BCUT2D eigenvalue weighted by Crippen LogP contribution is 2.34. The monoisotopic (exact) mass is 1100 g/mol. The molecular formula is C68H48N12O4. The number of ether oxygens (including phenoxy) is 4. The molecule has 0 atom stereocenters. The van der Waals surface area contributed by atoms with Gasteiger partial charge in [0.05, 0.1) is 62.3 Å². The lowest BCUT2D eigenvalue weighted by molar-refractivity contribution is 0.482. The Morgan fingerprint density at radius 3 is 1.01 bits per heavy atom. The molecule has 84 heavy (non-hydrogen) atoms. The van der Waals surface area contributed by atoms with Crippen molar-refractivity contribution in [1.82, 2.24) is 39.9 Å². The van der Waals surface area contributed by atoms with E-state index in [1.807, 2.05) is 182 Å². The van der Waals surface area contributed by atoms with Gasteiger partial charge in [-0.15, -0.1) is 0 Å². The van der Waals surface area contributed by atoms with Gasteiger partial charge in [-0.2, -0.15) is 5.26 Å². The standard InChI is InChI=1S/C34H20N6O2.C34H28N6O2/c1-36-24-5-3-7-26(17-24)42-28-13-15-30-32(19-28)40-34(38-30)23-10-8-22(9-11-23)33-37-29-14-12-27(18-31(29)39-33)41-25-6-2-4-21(16-25)20-35;35-19-21-3-1-5-25(15-21)41-27-11-13-29-31(17-27)39-33(37-29)23-7-9-24(10-8-23)34-38-30-14-12-28(18-32(30)40-34)42-26-6-2-4-22(16-26)20-36/h2-19H,(H,37,39)(H,38,40);1-18H,19-20,35-36H2,(H,37,39)(H,38,40). The van der Waals surface area contributed by atoms with Crippen LogP contribution in [0.25, 0.3) is 94.5 Å². The number of H-pyrrole nitrogens is 4. The maximum Gasteiger partial charge on any atom is 0.190 e. The fourth-order valence-electron chi connectivity index (χ4n) is 9.59. The van der Waals surface area contributed by atoms with Crippen LogP contribution in [0, 0.1) is 17.9 Å². The summed E-state index contributed by atoms with van der Waals surface area (Å²) in [4.78, 5) is 36.1. The summed E-state index contributed by atoms with van der Waals surface area (Å²) < 4.78 is 24.0. The van der Waals surface area contributed by atoms with E-state index in [2.05, 4.69) is 30.9 Å². The average Bonchev–Trinajstić information content (AvgIpc) is 4.44. The fraction of sp³-hybridized carbons (Fsp3) is 0.0294. The second-order valence-corrected chi connectivity index (χ2v) is 19.6. The second kappa shape index (κ2) is 22.7. The zero-order chi connectivity index (χ0) is 56.9. The first-order chi connectivity index (χ1) is 41.3. The minimum Gasteiger partial charge on any atom is -0.459 e. The molecule has 0 fully saturated rings. The SMILES string of the molecule is NCc1cccc(Oc2ccc3nc(-c4ccc(-c5nc6ccc(Oc7cccc(CN)c7)cc6[nH]5)cc4)[nH]c3c2)c1.[C-]#[N+]c1cccc(Oc2ccc3nc(-c4ccc(-c5nc6ccc(Oc7cccc(C#N)c7)cc6[nH]5)cc4)[nH]c3c2)c1. The van der Waals surface area contributed by atoms with Crippen molar-refractivity contribution < 1.29 is 18.9 Å². The predicted octanol–water partition coefficient (Wildman–Crippen LogP) is 16.1. The summed E-state index contributed by atoms with van der Waals surface area (Å²) in [6.45, 7) is 8.13. The van der Waals surface area contributed by atoms with Gasteiger partial charge in [-0.1, -0.05) is 91.0 Å². The minimum absolute atomic E-state index is 0.469. The number of nitrogens with two attached hydrogens (primary N) is 2. The Labute approximate surface area is 480 Å². The Bertz CT molecular complexity index is 4510. The maximum atomic E-state index is 9.13. The molecule has 14 aromatic rings. The summed E-state index contributed by atoms with van der Waals surface area (Å²) in [5.74, 6) is 8.52. The Kier molecular flexibility index (Phi) is 14.0. The van der Waals surface area contributed by atoms with Gasteiger partial charge in [0.2, 0.25) is 0 Å². The van der Waals surface area contributed by atoms with Crippen LogP contribution in [-0.2, 0) is 13.1 Å². The second-order valence-electron chi connectivity index (χ2n) is 19.6. The zero-order valence-corrected chi connectivity index (χ0v) is 44.7. The van der Waals surface area contributed by atoms with Crippen LogP contribution in [0.5, 0.6) is 46.0 Å². The molecule has 0 amide bonds. The molecule has 10 aromatic carbocycles. The molecule has 0 saturated heterocycles. The van der Waals surface area contributed by atoms with E-state index in [-0.39, 0.29) is 0 Å². The molecule has 0 saturated carbocycles. The summed E-state index contributed by atoms with van der Waals surface area (Å²) in [6.07, 6.45) is 0. The number of nitrogens with zero attached hydrogens (tertiary/aromatic N) is 6. The van der Waals surface area contributed by atoms with Gasteiger partial charge in [-0.3, -0.25) is 0 Å². The van der Waals surface area contributed by atoms with Crippen molar-refractivity contribution in [2.45, 2.75) is 13.1 Å². The van der Waals surface area contributed by atoms with E-state index in [0.717, 1.165) is 124 Å². The van der Waals surface area contributed by atoms with Crippen LogP contribution in [0.1, 0.15) is 16.7 Å². The third-order valence-electron chi connectivity index (χ3n) is 13.8. The lowest BCUT2D eigenvalue weighted by Crippen LogP contribution is -1.96. The van der Waals surface area contributed by atoms with Crippen LogP contribution in [0.4, 0.5) is 5.69 Å². The van der Waals surface area contributed by atoms with Crippen molar-refractivity contribution in [3.05, 3.63) is 246 Å². The highest BCUT2D eigenvalue weighted by Gasteiger charge is 2.14. The molecule has 8 N–H and O–H groups in total. The van der Waals surface area contributed by atoms with Crippen molar-refractivity contribution in [2.75, 3.05) is 0 Å². The van der Waals surface area contributed by atoms with Gasteiger partial charge < -0.3 is 50.4 Å². The van der Waals surface area contributed by atoms with E-state index in [0.29, 0.717) is 47.3 Å². The number of rotatable bonds is 14. The Morgan fingerprint density at radius 2 is 0.679 bits per heavy atom. The number of fused-ring (bicyclic) bond motifs is 4. The van der Waals surface area contributed by atoms with Gasteiger partial charge in [-0.05, 0) is 114 Å². The Balaban J connectivity index is 0.000000157. The van der Waals surface area contributed by atoms with E-state index < -0.39 is 0 Å². The fourth-order valence-corrected chi connectivity index (χ4v) is 9.59. The highest BCUT2D eigenvalue weighted by molar-refractivity contribution is 5.85. The van der Waals surface area contributed by atoms with Gasteiger partial charge in [0.1, 0.15) is 69.3 Å². The molecule has 0 spiro atoms. The summed E-state index contributed by atoms with van der Waals surface area (Å²) in [6, 6.07) is 71.0. The first-order valence-corrected chi connectivity index (χ1v) is 26.7. The summed E-state index contributed by atoms with van der Waals surface area (Å²) >= 11 is 0. The predicted molar refractivity (Wildman–Crippen MR) is 326 cm³/mol. The first kappa shape index (κ1) is 51.6. The highest BCUT2D eigenvalue weighted by atomic mass is 16.5. The topological polar surface area (TPSA) is 232 Å². The number of aromatic nitrogens is 8. The van der Waals surface area contributed by atoms with Crippen molar-refractivity contribution in [3.8, 4) is 97.6 Å². The number of aromatic amines is 4. The van der Waals surface area contributed by atoms with Gasteiger partial charge in [0, 0.05) is 59.6 Å². The number of imidazole rings is 4. The third-order valence-corrected chi connectivity index (χ3v) is 13.8. The molecular weight excluding hydrogens is 1050 g/mol. The molecule has 0 unspecified atom stereocenters. The summed E-state index contributed by atoms with van der Waals surface area (Å²) in [5, 5.41) is 9.13. The maximum absolute atomic E-state index is 9.13. The van der Waals surface area contributed by atoms with E-state index >= 15 is 0 Å². The van der Waals surface area contributed by atoms with E-state index in [4.69, 9.17) is 62.2 Å². The summed E-state index contributed by atoms with van der Waals surface area (Å²) in [7, 11) is 0. The average molecular weight is 1100 g/mol. The van der Waals surface area contributed by atoms with E-state index in [9.17, 15) is 0 Å². The molecule has 4 heterocycles. The Hall–Kier alpha value is -11.8. The molecule has 0 aliphatic heterocycles. The van der Waals surface area contributed by atoms with Gasteiger partial charge in [0.25, 0.3) is 0 Å². The molecule has 16 nitrogen and oxygen atoms in total. The summed E-state index contributed by atoms with van der Waals surface area (Å²) in [5.41, 5.74) is 25.3. The number of hydrogen-bond donors (Lipinski definition) is 6. The molecule has 14 rings (SSSR count). The number of nitriles is 1. The molecule has 0 aliphatic rings. The smallest absolute Gasteiger partial charge is 0.190 e. The van der Waals surface area contributed by atoms with Gasteiger partial charge in [0.15, 0.2) is 5.69 Å². The Morgan fingerprint density at radius 1 is 0.369 bits per heavy atom. The molecule has 4 aromatic heterocycles.